The first kappa shape index (κ1) is 10.8. The summed E-state index contributed by atoms with van der Waals surface area (Å²) in [5.74, 6) is 0.124. The maximum Gasteiger partial charge on any atom is 0.219 e. The highest BCUT2D eigenvalue weighted by Crippen LogP contribution is 2.07. The molecule has 0 unspecified atom stereocenters. The highest BCUT2D eigenvalue weighted by molar-refractivity contribution is 5.72. The van der Waals surface area contributed by atoms with Crippen molar-refractivity contribution in [3.63, 3.8) is 0 Å². The van der Waals surface area contributed by atoms with E-state index in [0.29, 0.717) is 0 Å². The van der Waals surface area contributed by atoms with Crippen LogP contribution in [-0.2, 0) is 11.2 Å². The van der Waals surface area contributed by atoms with Crippen LogP contribution in [0.25, 0.3) is 0 Å². The van der Waals surface area contributed by atoms with Crippen LogP contribution in [-0.4, -0.2) is 24.4 Å². The van der Waals surface area contributed by atoms with E-state index in [1.165, 1.54) is 11.1 Å². The second-order valence-electron chi connectivity index (χ2n) is 3.62. The highest BCUT2D eigenvalue weighted by Gasteiger charge is 2.03. The minimum Gasteiger partial charge on any atom is -0.346 e. The summed E-state index contributed by atoms with van der Waals surface area (Å²) >= 11 is 0. The van der Waals surface area contributed by atoms with Crippen LogP contribution in [0.2, 0.25) is 0 Å². The minimum absolute atomic E-state index is 0.124. The molecule has 0 saturated carbocycles. The second-order valence-corrected chi connectivity index (χ2v) is 3.62. The number of carbonyl (C=O) groups excluding carboxylic acids is 1. The van der Waals surface area contributed by atoms with E-state index < -0.39 is 0 Å². The lowest BCUT2D eigenvalue weighted by atomic mass is 10.1. The molecular formula is C12H17NO. The molecule has 0 bridgehead atoms. The Morgan fingerprint density at radius 3 is 2.57 bits per heavy atom. The van der Waals surface area contributed by atoms with E-state index in [4.69, 9.17) is 0 Å². The number of benzene rings is 1. The molecule has 0 heterocycles. The predicted molar refractivity (Wildman–Crippen MR) is 58.2 cm³/mol. The summed E-state index contributed by atoms with van der Waals surface area (Å²) in [6.07, 6.45) is 0.933. The van der Waals surface area contributed by atoms with E-state index in [0.717, 1.165) is 13.0 Å². The summed E-state index contributed by atoms with van der Waals surface area (Å²) < 4.78 is 0. The zero-order valence-electron chi connectivity index (χ0n) is 9.08. The van der Waals surface area contributed by atoms with Crippen molar-refractivity contribution in [2.45, 2.75) is 20.3 Å². The van der Waals surface area contributed by atoms with Gasteiger partial charge in [0.2, 0.25) is 5.91 Å². The SMILES string of the molecule is CC(=O)N(C)CCc1ccccc1C. The molecule has 1 amide bonds. The quantitative estimate of drug-likeness (QED) is 0.715. The first-order chi connectivity index (χ1) is 6.61. The second kappa shape index (κ2) is 4.80. The molecule has 0 fully saturated rings. The average molecular weight is 191 g/mol. The van der Waals surface area contributed by atoms with Crippen LogP contribution in [0.1, 0.15) is 18.1 Å². The van der Waals surface area contributed by atoms with Crippen molar-refractivity contribution in [3.05, 3.63) is 35.4 Å². The average Bonchev–Trinajstić information content (AvgIpc) is 2.16. The molecule has 1 rings (SSSR count). The number of hydrogen-bond acceptors (Lipinski definition) is 1. The topological polar surface area (TPSA) is 20.3 Å². The number of rotatable bonds is 3. The zero-order chi connectivity index (χ0) is 10.6. The van der Waals surface area contributed by atoms with Gasteiger partial charge in [-0.25, -0.2) is 0 Å². The van der Waals surface area contributed by atoms with Gasteiger partial charge in [0.05, 0.1) is 0 Å². The molecule has 0 aliphatic rings. The first-order valence-electron chi connectivity index (χ1n) is 4.87. The molecule has 0 radical (unpaired) electrons. The number of aryl methyl sites for hydroxylation is 1. The molecule has 2 nitrogen and oxygen atoms in total. The summed E-state index contributed by atoms with van der Waals surface area (Å²) in [6, 6.07) is 8.29. The van der Waals surface area contributed by atoms with Crippen molar-refractivity contribution in [1.82, 2.24) is 4.90 Å². The third-order valence-electron chi connectivity index (χ3n) is 2.52. The standard InChI is InChI=1S/C12H17NO/c1-10-6-4-5-7-12(10)8-9-13(3)11(2)14/h4-7H,8-9H2,1-3H3. The molecule has 0 saturated heterocycles. The fourth-order valence-electron chi connectivity index (χ4n) is 1.34. The van der Waals surface area contributed by atoms with Gasteiger partial charge in [-0.3, -0.25) is 4.79 Å². The molecule has 76 valence electrons. The molecule has 0 aromatic heterocycles. The molecule has 0 aliphatic carbocycles. The predicted octanol–water partition coefficient (Wildman–Crippen LogP) is 2.02. The molecule has 2 heteroatoms. The van der Waals surface area contributed by atoms with Gasteiger partial charge in [-0.05, 0) is 24.5 Å². The molecule has 1 aromatic carbocycles. The molecule has 1 aromatic rings. The van der Waals surface area contributed by atoms with Gasteiger partial charge in [0.1, 0.15) is 0 Å². The Labute approximate surface area is 85.5 Å². The van der Waals surface area contributed by atoms with Crippen molar-refractivity contribution in [3.8, 4) is 0 Å². The molecule has 14 heavy (non-hydrogen) atoms. The molecule has 0 N–H and O–H groups in total. The number of carbonyl (C=O) groups is 1. The van der Waals surface area contributed by atoms with E-state index in [9.17, 15) is 4.79 Å². The lowest BCUT2D eigenvalue weighted by Gasteiger charge is -2.15. The number of nitrogens with zero attached hydrogens (tertiary/aromatic N) is 1. The lowest BCUT2D eigenvalue weighted by Crippen LogP contribution is -2.26. The molecular weight excluding hydrogens is 174 g/mol. The normalized spacial score (nSPS) is 9.93. The Morgan fingerprint density at radius 1 is 1.36 bits per heavy atom. The smallest absolute Gasteiger partial charge is 0.219 e. The Hall–Kier alpha value is -1.31. The van der Waals surface area contributed by atoms with Gasteiger partial charge in [0, 0.05) is 20.5 Å². The number of amides is 1. The van der Waals surface area contributed by atoms with Crippen molar-refractivity contribution < 1.29 is 4.79 Å². The van der Waals surface area contributed by atoms with E-state index in [1.54, 1.807) is 11.8 Å². The van der Waals surface area contributed by atoms with Gasteiger partial charge in [-0.2, -0.15) is 0 Å². The van der Waals surface area contributed by atoms with Crippen LogP contribution in [0.15, 0.2) is 24.3 Å². The Bertz CT molecular complexity index is 320. The molecule has 0 aliphatic heterocycles. The van der Waals surface area contributed by atoms with Crippen LogP contribution >= 0.6 is 0 Å². The third-order valence-corrected chi connectivity index (χ3v) is 2.52. The fourth-order valence-corrected chi connectivity index (χ4v) is 1.34. The third kappa shape index (κ3) is 2.87. The van der Waals surface area contributed by atoms with Crippen molar-refractivity contribution in [2.75, 3.05) is 13.6 Å². The number of hydrogen-bond donors (Lipinski definition) is 0. The molecule has 0 spiro atoms. The summed E-state index contributed by atoms with van der Waals surface area (Å²) in [5, 5.41) is 0. The van der Waals surface area contributed by atoms with Crippen LogP contribution in [0.3, 0.4) is 0 Å². The summed E-state index contributed by atoms with van der Waals surface area (Å²) in [4.78, 5) is 12.7. The van der Waals surface area contributed by atoms with Gasteiger partial charge in [0.15, 0.2) is 0 Å². The summed E-state index contributed by atoms with van der Waals surface area (Å²) in [6.45, 7) is 4.49. The van der Waals surface area contributed by atoms with Gasteiger partial charge in [-0.15, -0.1) is 0 Å². The van der Waals surface area contributed by atoms with Crippen LogP contribution in [0.5, 0.6) is 0 Å². The number of likely N-dealkylation sites (N-methyl/N-ethyl adjacent to an activating group) is 1. The van der Waals surface area contributed by atoms with E-state index in [2.05, 4.69) is 19.1 Å². The minimum atomic E-state index is 0.124. The van der Waals surface area contributed by atoms with Crippen LogP contribution in [0, 0.1) is 6.92 Å². The first-order valence-corrected chi connectivity index (χ1v) is 4.87. The highest BCUT2D eigenvalue weighted by atomic mass is 16.2. The Kier molecular flexibility index (Phi) is 3.69. The Balaban J connectivity index is 2.54. The van der Waals surface area contributed by atoms with Crippen LogP contribution < -0.4 is 0 Å². The summed E-state index contributed by atoms with van der Waals surface area (Å²) in [7, 11) is 1.83. The van der Waals surface area contributed by atoms with E-state index in [1.807, 2.05) is 19.2 Å². The monoisotopic (exact) mass is 191 g/mol. The fraction of sp³-hybridized carbons (Fsp3) is 0.417. The van der Waals surface area contributed by atoms with Gasteiger partial charge in [0.25, 0.3) is 0 Å². The zero-order valence-corrected chi connectivity index (χ0v) is 9.08. The van der Waals surface area contributed by atoms with Gasteiger partial charge < -0.3 is 4.90 Å². The van der Waals surface area contributed by atoms with Gasteiger partial charge in [-0.1, -0.05) is 24.3 Å². The van der Waals surface area contributed by atoms with E-state index in [-0.39, 0.29) is 5.91 Å². The summed E-state index contributed by atoms with van der Waals surface area (Å²) in [5.41, 5.74) is 2.62. The lowest BCUT2D eigenvalue weighted by molar-refractivity contribution is -0.127. The van der Waals surface area contributed by atoms with Crippen molar-refractivity contribution in [2.24, 2.45) is 0 Å². The van der Waals surface area contributed by atoms with Gasteiger partial charge >= 0.3 is 0 Å². The van der Waals surface area contributed by atoms with Crippen molar-refractivity contribution in [1.29, 1.82) is 0 Å². The van der Waals surface area contributed by atoms with Crippen LogP contribution in [0.4, 0.5) is 0 Å². The van der Waals surface area contributed by atoms with Crippen molar-refractivity contribution >= 4 is 5.91 Å². The maximum atomic E-state index is 11.0. The maximum absolute atomic E-state index is 11.0. The van der Waals surface area contributed by atoms with E-state index >= 15 is 0 Å². The molecule has 0 atom stereocenters. The largest absolute Gasteiger partial charge is 0.346 e. The Morgan fingerprint density at radius 2 is 2.00 bits per heavy atom.